The Morgan fingerprint density at radius 1 is 1.33 bits per heavy atom. The average molecular weight is 250 g/mol. The lowest BCUT2D eigenvalue weighted by Gasteiger charge is -2.33. The van der Waals surface area contributed by atoms with Crippen LogP contribution in [0, 0.1) is 11.7 Å². The lowest BCUT2D eigenvalue weighted by Crippen LogP contribution is -2.38. The lowest BCUT2D eigenvalue weighted by molar-refractivity contribution is 0.172. The molecule has 1 saturated heterocycles. The molecule has 0 radical (unpaired) electrons. The molecule has 2 N–H and O–H groups in total. The van der Waals surface area contributed by atoms with Crippen molar-refractivity contribution in [3.8, 4) is 0 Å². The Labute approximate surface area is 109 Å². The summed E-state index contributed by atoms with van der Waals surface area (Å²) in [6, 6.07) is 6.61. The van der Waals surface area contributed by atoms with Gasteiger partial charge in [0.15, 0.2) is 0 Å². The Hall–Kier alpha value is -0.930. The van der Waals surface area contributed by atoms with E-state index in [0.29, 0.717) is 5.56 Å². The molecule has 1 aromatic rings. The maximum atomic E-state index is 13.6. The van der Waals surface area contributed by atoms with Crippen LogP contribution in [-0.4, -0.2) is 24.5 Å². The number of hydrogen-bond donors (Lipinski definition) is 1. The molecule has 1 fully saturated rings. The zero-order valence-electron chi connectivity index (χ0n) is 11.1. The van der Waals surface area contributed by atoms with Crippen molar-refractivity contribution in [3.63, 3.8) is 0 Å². The maximum Gasteiger partial charge on any atom is 0.128 e. The number of nitrogens with two attached hydrogens (primary N) is 1. The molecule has 18 heavy (non-hydrogen) atoms. The highest BCUT2D eigenvalue weighted by Gasteiger charge is 2.20. The molecule has 1 aliphatic heterocycles. The van der Waals surface area contributed by atoms with Crippen LogP contribution in [0.25, 0.3) is 0 Å². The van der Waals surface area contributed by atoms with E-state index in [1.807, 2.05) is 6.07 Å². The summed E-state index contributed by atoms with van der Waals surface area (Å²) < 4.78 is 13.6. The fraction of sp³-hybridized carbons (Fsp3) is 0.600. The highest BCUT2D eigenvalue weighted by Crippen LogP contribution is 2.22. The molecule has 1 heterocycles. The second-order valence-electron chi connectivity index (χ2n) is 5.28. The quantitative estimate of drug-likeness (QED) is 0.890. The van der Waals surface area contributed by atoms with Crippen LogP contribution in [0.15, 0.2) is 24.3 Å². The third-order valence-electron chi connectivity index (χ3n) is 4.04. The molecule has 0 spiro atoms. The smallest absolute Gasteiger partial charge is 0.128 e. The van der Waals surface area contributed by atoms with E-state index in [4.69, 9.17) is 5.73 Å². The topological polar surface area (TPSA) is 29.3 Å². The van der Waals surface area contributed by atoms with Crippen LogP contribution >= 0.6 is 0 Å². The summed E-state index contributed by atoms with van der Waals surface area (Å²) in [5, 5.41) is 0. The Kier molecular flexibility index (Phi) is 4.72. The Morgan fingerprint density at radius 3 is 2.61 bits per heavy atom. The number of halogens is 1. The number of benzene rings is 1. The molecule has 0 aliphatic carbocycles. The molecular weight excluding hydrogens is 227 g/mol. The summed E-state index contributed by atoms with van der Waals surface area (Å²) in [6.45, 7) is 5.21. The molecule has 0 bridgehead atoms. The monoisotopic (exact) mass is 250 g/mol. The lowest BCUT2D eigenvalue weighted by atomic mass is 9.94. The summed E-state index contributed by atoms with van der Waals surface area (Å²) in [7, 11) is 0. The van der Waals surface area contributed by atoms with Gasteiger partial charge in [0.1, 0.15) is 5.82 Å². The van der Waals surface area contributed by atoms with E-state index in [-0.39, 0.29) is 11.9 Å². The minimum absolute atomic E-state index is 0.187. The van der Waals surface area contributed by atoms with Crippen LogP contribution in [0.5, 0.6) is 0 Å². The van der Waals surface area contributed by atoms with Crippen LogP contribution in [0.1, 0.15) is 37.8 Å². The molecule has 0 saturated carbocycles. The van der Waals surface area contributed by atoms with Gasteiger partial charge < -0.3 is 10.6 Å². The van der Waals surface area contributed by atoms with Crippen LogP contribution < -0.4 is 5.73 Å². The van der Waals surface area contributed by atoms with Crippen molar-refractivity contribution in [2.45, 2.75) is 32.2 Å². The molecule has 3 heteroatoms. The van der Waals surface area contributed by atoms with Gasteiger partial charge in [-0.05, 0) is 37.9 Å². The Bertz CT molecular complexity index is 373. The molecule has 2 nitrogen and oxygen atoms in total. The standard InChI is InChI=1S/C15H23FN2/c1-2-12-7-9-18(10-8-12)11-15(17)13-5-3-4-6-14(13)16/h3-6,12,15H,2,7-11,17H2,1H3. The van der Waals surface area contributed by atoms with Crippen molar-refractivity contribution in [2.75, 3.05) is 19.6 Å². The number of likely N-dealkylation sites (tertiary alicyclic amines) is 1. The molecule has 2 rings (SSSR count). The molecule has 1 aromatic carbocycles. The second-order valence-corrected chi connectivity index (χ2v) is 5.28. The average Bonchev–Trinajstić information content (AvgIpc) is 2.40. The third-order valence-corrected chi connectivity index (χ3v) is 4.04. The van der Waals surface area contributed by atoms with Gasteiger partial charge in [-0.3, -0.25) is 0 Å². The zero-order valence-corrected chi connectivity index (χ0v) is 11.1. The van der Waals surface area contributed by atoms with E-state index in [1.165, 1.54) is 25.3 Å². The Balaban J connectivity index is 1.89. The summed E-state index contributed by atoms with van der Waals surface area (Å²) in [4.78, 5) is 2.36. The summed E-state index contributed by atoms with van der Waals surface area (Å²) >= 11 is 0. The molecule has 0 amide bonds. The molecule has 1 atom stereocenters. The number of nitrogens with zero attached hydrogens (tertiary/aromatic N) is 1. The number of rotatable bonds is 4. The molecule has 1 unspecified atom stereocenters. The predicted molar refractivity (Wildman–Crippen MR) is 72.8 cm³/mol. The predicted octanol–water partition coefficient (Wildman–Crippen LogP) is 2.95. The summed E-state index contributed by atoms with van der Waals surface area (Å²) in [5.74, 6) is 0.680. The fourth-order valence-corrected chi connectivity index (χ4v) is 2.73. The van der Waals surface area contributed by atoms with Crippen LogP contribution in [0.3, 0.4) is 0 Å². The van der Waals surface area contributed by atoms with E-state index in [0.717, 1.165) is 25.6 Å². The van der Waals surface area contributed by atoms with Gasteiger partial charge in [-0.1, -0.05) is 31.5 Å². The van der Waals surface area contributed by atoms with Gasteiger partial charge in [-0.15, -0.1) is 0 Å². The first-order valence-corrected chi connectivity index (χ1v) is 6.93. The largest absolute Gasteiger partial charge is 0.323 e. The zero-order chi connectivity index (χ0) is 13.0. The van der Waals surface area contributed by atoms with Crippen molar-refractivity contribution >= 4 is 0 Å². The number of piperidine rings is 1. The van der Waals surface area contributed by atoms with Crippen LogP contribution in [0.2, 0.25) is 0 Å². The van der Waals surface area contributed by atoms with Gasteiger partial charge in [-0.2, -0.15) is 0 Å². The highest BCUT2D eigenvalue weighted by atomic mass is 19.1. The fourth-order valence-electron chi connectivity index (χ4n) is 2.73. The third kappa shape index (κ3) is 3.30. The first-order chi connectivity index (χ1) is 8.70. The molecule has 100 valence electrons. The molecule has 1 aliphatic rings. The second kappa shape index (κ2) is 6.30. The van der Waals surface area contributed by atoms with Gasteiger partial charge >= 0.3 is 0 Å². The van der Waals surface area contributed by atoms with E-state index in [2.05, 4.69) is 11.8 Å². The van der Waals surface area contributed by atoms with Crippen molar-refractivity contribution < 1.29 is 4.39 Å². The highest BCUT2D eigenvalue weighted by molar-refractivity contribution is 5.21. The van der Waals surface area contributed by atoms with Gasteiger partial charge in [-0.25, -0.2) is 4.39 Å². The first kappa shape index (κ1) is 13.5. The minimum atomic E-state index is -0.218. The SMILES string of the molecule is CCC1CCN(CC(N)c2ccccc2F)CC1. The molecular formula is C15H23FN2. The van der Waals surface area contributed by atoms with E-state index in [1.54, 1.807) is 12.1 Å². The van der Waals surface area contributed by atoms with Gasteiger partial charge in [0.25, 0.3) is 0 Å². The van der Waals surface area contributed by atoms with Gasteiger partial charge in [0.2, 0.25) is 0 Å². The van der Waals surface area contributed by atoms with Crippen molar-refractivity contribution in [3.05, 3.63) is 35.6 Å². The summed E-state index contributed by atoms with van der Waals surface area (Å²) in [6.07, 6.45) is 3.77. The van der Waals surface area contributed by atoms with Crippen molar-refractivity contribution in [1.82, 2.24) is 4.90 Å². The first-order valence-electron chi connectivity index (χ1n) is 6.93. The Morgan fingerprint density at radius 2 is 2.00 bits per heavy atom. The van der Waals surface area contributed by atoms with E-state index >= 15 is 0 Å². The normalized spacial score (nSPS) is 19.9. The number of hydrogen-bond acceptors (Lipinski definition) is 2. The van der Waals surface area contributed by atoms with Crippen molar-refractivity contribution in [1.29, 1.82) is 0 Å². The van der Waals surface area contributed by atoms with Crippen LogP contribution in [-0.2, 0) is 0 Å². The van der Waals surface area contributed by atoms with Crippen LogP contribution in [0.4, 0.5) is 4.39 Å². The van der Waals surface area contributed by atoms with Crippen molar-refractivity contribution in [2.24, 2.45) is 11.7 Å². The summed E-state index contributed by atoms with van der Waals surface area (Å²) in [5.41, 5.74) is 6.75. The van der Waals surface area contributed by atoms with Gasteiger partial charge in [0.05, 0.1) is 0 Å². The maximum absolute atomic E-state index is 13.6. The van der Waals surface area contributed by atoms with E-state index in [9.17, 15) is 4.39 Å². The molecule has 0 aromatic heterocycles. The van der Waals surface area contributed by atoms with E-state index < -0.39 is 0 Å². The minimum Gasteiger partial charge on any atom is -0.323 e. The van der Waals surface area contributed by atoms with Gasteiger partial charge in [0, 0.05) is 18.2 Å².